The Morgan fingerprint density at radius 2 is 1.18 bits per heavy atom. The molecule has 0 unspecified atom stereocenters. The summed E-state index contributed by atoms with van der Waals surface area (Å²) in [5.74, 6) is 1.32. The van der Waals surface area contributed by atoms with Gasteiger partial charge in [0.1, 0.15) is 0 Å². The van der Waals surface area contributed by atoms with Crippen molar-refractivity contribution in [2.24, 2.45) is 4.99 Å². The minimum Gasteiger partial charge on any atom is -0.311 e. The molecule has 0 heterocycles. The smallest absolute Gasteiger partial charge is 0.299 e. The van der Waals surface area contributed by atoms with Gasteiger partial charge < -0.3 is 4.90 Å². The molecule has 0 saturated heterocycles. The minimum atomic E-state index is 1.02. The van der Waals surface area contributed by atoms with E-state index >= 15 is 0 Å². The molecule has 0 aliphatic carbocycles. The van der Waals surface area contributed by atoms with Gasteiger partial charge in [0.25, 0.3) is 5.96 Å². The van der Waals surface area contributed by atoms with Gasteiger partial charge in [0.15, 0.2) is 0 Å². The summed E-state index contributed by atoms with van der Waals surface area (Å²) in [6.45, 7) is 13.9. The van der Waals surface area contributed by atoms with E-state index in [-0.39, 0.29) is 0 Å². The molecule has 0 bridgehead atoms. The van der Waals surface area contributed by atoms with Crippen LogP contribution in [0.15, 0.2) is 4.99 Å². The van der Waals surface area contributed by atoms with E-state index in [9.17, 15) is 0 Å². The first-order chi connectivity index (χ1) is 10.6. The first kappa shape index (κ1) is 21.4. The van der Waals surface area contributed by atoms with Crippen molar-refractivity contribution in [2.45, 2.75) is 79.1 Å². The SMILES string of the molecule is CCCCN(CCCC)C(=NC)[N+](C)(CCCC)CCCC. The monoisotopic (exact) mass is 312 g/mol. The lowest BCUT2D eigenvalue weighted by Crippen LogP contribution is -2.58. The Morgan fingerprint density at radius 1 is 0.773 bits per heavy atom. The molecule has 132 valence electrons. The fourth-order valence-corrected chi connectivity index (χ4v) is 3.06. The van der Waals surface area contributed by atoms with Gasteiger partial charge in [0.05, 0.1) is 20.1 Å². The van der Waals surface area contributed by atoms with Gasteiger partial charge in [-0.2, -0.15) is 0 Å². The highest BCUT2D eigenvalue weighted by atomic mass is 15.5. The molecule has 0 N–H and O–H groups in total. The molecule has 0 aromatic rings. The lowest BCUT2D eigenvalue weighted by atomic mass is 10.2. The van der Waals surface area contributed by atoms with Gasteiger partial charge in [-0.3, -0.25) is 4.48 Å². The van der Waals surface area contributed by atoms with Crippen molar-refractivity contribution in [3.63, 3.8) is 0 Å². The van der Waals surface area contributed by atoms with Gasteiger partial charge in [-0.15, -0.1) is 0 Å². The van der Waals surface area contributed by atoms with E-state index in [2.05, 4.69) is 39.6 Å². The topological polar surface area (TPSA) is 15.6 Å². The summed E-state index contributed by atoms with van der Waals surface area (Å²) in [7, 11) is 4.40. The van der Waals surface area contributed by atoms with Crippen LogP contribution >= 0.6 is 0 Å². The van der Waals surface area contributed by atoms with Gasteiger partial charge in [0, 0.05) is 20.1 Å². The lowest BCUT2D eigenvalue weighted by molar-refractivity contribution is -0.827. The number of hydrogen-bond donors (Lipinski definition) is 0. The predicted molar refractivity (Wildman–Crippen MR) is 100 cm³/mol. The van der Waals surface area contributed by atoms with Crippen molar-refractivity contribution in [3.8, 4) is 0 Å². The summed E-state index contributed by atoms with van der Waals surface area (Å²) >= 11 is 0. The first-order valence-corrected chi connectivity index (χ1v) is 9.66. The highest BCUT2D eigenvalue weighted by Gasteiger charge is 2.32. The van der Waals surface area contributed by atoms with Crippen LogP contribution in [0.2, 0.25) is 0 Å². The van der Waals surface area contributed by atoms with E-state index in [1.165, 1.54) is 70.4 Å². The maximum Gasteiger partial charge on any atom is 0.299 e. The largest absolute Gasteiger partial charge is 0.311 e. The number of quaternary nitrogens is 1. The zero-order valence-electron chi connectivity index (χ0n) is 16.3. The average Bonchev–Trinajstić information content (AvgIpc) is 2.53. The average molecular weight is 313 g/mol. The normalized spacial score (nSPS) is 12.7. The summed E-state index contributed by atoms with van der Waals surface area (Å²) in [6.07, 6.45) is 10.2. The van der Waals surface area contributed by atoms with Crippen molar-refractivity contribution >= 4 is 5.96 Å². The van der Waals surface area contributed by atoms with E-state index in [0.717, 1.165) is 17.6 Å². The molecular formula is C19H42N3+. The molecule has 0 aliphatic heterocycles. The molecule has 22 heavy (non-hydrogen) atoms. The molecule has 3 heteroatoms. The molecule has 0 atom stereocenters. The Balaban J connectivity index is 5.16. The standard InChI is InChI=1S/C19H42N3/c1-7-11-15-21(16-12-8-2)19(20-5)22(6,17-13-9-3)18-14-10-4/h7-18H2,1-6H3/q+1. The second kappa shape index (κ2) is 12.9. The quantitative estimate of drug-likeness (QED) is 0.284. The maximum absolute atomic E-state index is 4.79. The van der Waals surface area contributed by atoms with Crippen LogP contribution < -0.4 is 0 Å². The van der Waals surface area contributed by atoms with Gasteiger partial charge >= 0.3 is 0 Å². The molecule has 0 aliphatic rings. The second-order valence-corrected chi connectivity index (χ2v) is 6.77. The van der Waals surface area contributed by atoms with Crippen molar-refractivity contribution in [3.05, 3.63) is 0 Å². The van der Waals surface area contributed by atoms with Gasteiger partial charge in [0.2, 0.25) is 0 Å². The summed E-state index contributed by atoms with van der Waals surface area (Å²) in [5, 5.41) is 0. The van der Waals surface area contributed by atoms with Crippen molar-refractivity contribution in [2.75, 3.05) is 40.3 Å². The second-order valence-electron chi connectivity index (χ2n) is 6.77. The summed E-state index contributed by atoms with van der Waals surface area (Å²) < 4.78 is 1.02. The van der Waals surface area contributed by atoms with E-state index in [1.807, 2.05) is 7.05 Å². The van der Waals surface area contributed by atoms with Crippen molar-refractivity contribution in [1.29, 1.82) is 0 Å². The van der Waals surface area contributed by atoms with E-state index in [4.69, 9.17) is 4.99 Å². The van der Waals surface area contributed by atoms with E-state index in [1.54, 1.807) is 0 Å². The molecule has 0 fully saturated rings. The first-order valence-electron chi connectivity index (χ1n) is 9.66. The van der Waals surface area contributed by atoms with Crippen LogP contribution in [0.25, 0.3) is 0 Å². The zero-order chi connectivity index (χ0) is 16.8. The van der Waals surface area contributed by atoms with Crippen LogP contribution in [0, 0.1) is 0 Å². The fraction of sp³-hybridized carbons (Fsp3) is 0.947. The van der Waals surface area contributed by atoms with Crippen LogP contribution in [0.4, 0.5) is 0 Å². The molecule has 0 radical (unpaired) electrons. The lowest BCUT2D eigenvalue weighted by Gasteiger charge is -2.39. The zero-order valence-corrected chi connectivity index (χ0v) is 16.3. The van der Waals surface area contributed by atoms with Gasteiger partial charge in [-0.05, 0) is 25.7 Å². The summed E-state index contributed by atoms with van der Waals surface area (Å²) in [5.41, 5.74) is 0. The van der Waals surface area contributed by atoms with Gasteiger partial charge in [-0.1, -0.05) is 53.4 Å². The number of hydrogen-bond acceptors (Lipinski definition) is 1. The summed E-state index contributed by atoms with van der Waals surface area (Å²) in [4.78, 5) is 7.37. The highest BCUT2D eigenvalue weighted by Crippen LogP contribution is 2.15. The third-order valence-corrected chi connectivity index (χ3v) is 4.54. The molecular weight excluding hydrogens is 270 g/mol. The predicted octanol–water partition coefficient (Wildman–Crippen LogP) is 4.92. The van der Waals surface area contributed by atoms with Crippen LogP contribution in [0.1, 0.15) is 79.1 Å². The molecule has 3 nitrogen and oxygen atoms in total. The molecule has 0 amide bonds. The third-order valence-electron chi connectivity index (χ3n) is 4.54. The maximum atomic E-state index is 4.79. The molecule has 0 aromatic heterocycles. The molecule has 0 rings (SSSR count). The minimum absolute atomic E-state index is 1.02. The Hall–Kier alpha value is -0.570. The van der Waals surface area contributed by atoms with E-state index in [0.29, 0.717) is 0 Å². The Bertz CT molecular complexity index is 270. The Kier molecular flexibility index (Phi) is 12.6. The van der Waals surface area contributed by atoms with Crippen molar-refractivity contribution in [1.82, 2.24) is 4.90 Å². The number of nitrogens with zero attached hydrogens (tertiary/aromatic N) is 3. The Morgan fingerprint density at radius 3 is 1.50 bits per heavy atom. The number of guanidine groups is 1. The molecule has 0 saturated carbocycles. The summed E-state index contributed by atoms with van der Waals surface area (Å²) in [6, 6.07) is 0. The number of rotatable bonds is 12. The molecule has 0 aromatic carbocycles. The Labute approximate surface area is 140 Å². The van der Waals surface area contributed by atoms with Crippen LogP contribution in [-0.2, 0) is 0 Å². The van der Waals surface area contributed by atoms with Crippen LogP contribution in [-0.4, -0.2) is 55.6 Å². The van der Waals surface area contributed by atoms with E-state index < -0.39 is 0 Å². The van der Waals surface area contributed by atoms with Gasteiger partial charge in [-0.25, -0.2) is 4.99 Å². The number of aliphatic imine (C=N–C) groups is 1. The van der Waals surface area contributed by atoms with Crippen molar-refractivity contribution < 1.29 is 4.48 Å². The fourth-order valence-electron chi connectivity index (χ4n) is 3.06. The van der Waals surface area contributed by atoms with Crippen LogP contribution in [0.3, 0.4) is 0 Å². The highest BCUT2D eigenvalue weighted by molar-refractivity contribution is 5.73. The molecule has 0 spiro atoms. The third kappa shape index (κ3) is 7.62. The number of unbranched alkanes of at least 4 members (excludes halogenated alkanes) is 4. The van der Waals surface area contributed by atoms with Crippen LogP contribution in [0.5, 0.6) is 0 Å².